The van der Waals surface area contributed by atoms with Crippen molar-refractivity contribution in [2.75, 3.05) is 0 Å². The smallest absolute Gasteiger partial charge is 0.0843 e. The van der Waals surface area contributed by atoms with Gasteiger partial charge in [0.1, 0.15) is 0 Å². The predicted molar refractivity (Wildman–Crippen MR) is 67.5 cm³/mol. The van der Waals surface area contributed by atoms with E-state index >= 15 is 0 Å². The summed E-state index contributed by atoms with van der Waals surface area (Å²) in [4.78, 5) is 20.4. The molecule has 0 aliphatic heterocycles. The quantitative estimate of drug-likeness (QED) is 0.451. The Kier molecular flexibility index (Phi) is 11.3. The molecule has 0 fully saturated rings. The van der Waals surface area contributed by atoms with Crippen molar-refractivity contribution in [2.24, 2.45) is 0 Å². The average Bonchev–Trinajstić information content (AvgIpc) is 2.33. The molecular weight excluding hydrogens is 246 g/mol. The Bertz CT molecular complexity index is 256. The Morgan fingerprint density at radius 1 is 0.737 bits per heavy atom. The van der Waals surface area contributed by atoms with Gasteiger partial charge < -0.3 is 25.5 Å². The van der Waals surface area contributed by atoms with Crippen LogP contribution in [0.5, 0.6) is 0 Å². The van der Waals surface area contributed by atoms with E-state index in [9.17, 15) is 19.8 Å². The van der Waals surface area contributed by atoms with E-state index in [1.54, 1.807) is 0 Å². The number of carbonyl (C=O) groups is 2. The highest BCUT2D eigenvalue weighted by molar-refractivity contribution is 5.64. The fourth-order valence-corrected chi connectivity index (χ4v) is 2.08. The van der Waals surface area contributed by atoms with E-state index in [4.69, 9.17) is 0 Å². The van der Waals surface area contributed by atoms with Gasteiger partial charge in [-0.05, 0) is 51.4 Å². The molecule has 19 heavy (non-hydrogen) atoms. The number of aliphatic carboxylic acids is 2. The molecular formula is C14H26NO4-. The van der Waals surface area contributed by atoms with Crippen LogP contribution in [0.4, 0.5) is 0 Å². The van der Waals surface area contributed by atoms with E-state index in [1.165, 1.54) is 0 Å². The Labute approximate surface area is 115 Å². The molecule has 0 bridgehead atoms. The van der Waals surface area contributed by atoms with E-state index < -0.39 is 11.9 Å². The highest BCUT2D eigenvalue weighted by atomic mass is 16.4. The number of carbonyl (C=O) groups excluding carboxylic acids is 2. The maximum Gasteiger partial charge on any atom is 0.0843 e. The monoisotopic (exact) mass is 272 g/mol. The van der Waals surface area contributed by atoms with Crippen molar-refractivity contribution in [1.82, 2.24) is 0 Å². The molecule has 0 aromatic rings. The SMILES string of the molecule is [NH3+][C@H](CCCCCCCC(=O)[O-])CCCCC(=O)[O-]. The maximum absolute atomic E-state index is 10.2. The van der Waals surface area contributed by atoms with Gasteiger partial charge in [-0.3, -0.25) is 0 Å². The van der Waals surface area contributed by atoms with Gasteiger partial charge in [0.15, 0.2) is 0 Å². The largest absolute Gasteiger partial charge is 0.550 e. The molecule has 5 nitrogen and oxygen atoms in total. The molecule has 0 radical (unpaired) electrons. The Balaban J connectivity index is 3.22. The van der Waals surface area contributed by atoms with Gasteiger partial charge in [0.05, 0.1) is 6.04 Å². The summed E-state index contributed by atoms with van der Waals surface area (Å²) < 4.78 is 0. The van der Waals surface area contributed by atoms with Gasteiger partial charge in [-0.2, -0.15) is 0 Å². The van der Waals surface area contributed by atoms with Crippen LogP contribution in [0.2, 0.25) is 0 Å². The van der Waals surface area contributed by atoms with Crippen molar-refractivity contribution < 1.29 is 25.5 Å². The molecule has 0 heterocycles. The second kappa shape index (κ2) is 12.0. The van der Waals surface area contributed by atoms with Gasteiger partial charge >= 0.3 is 0 Å². The van der Waals surface area contributed by atoms with Gasteiger partial charge in [-0.1, -0.05) is 19.3 Å². The lowest BCUT2D eigenvalue weighted by Crippen LogP contribution is -2.60. The minimum Gasteiger partial charge on any atom is -0.550 e. The van der Waals surface area contributed by atoms with Crippen LogP contribution in [-0.4, -0.2) is 18.0 Å². The van der Waals surface area contributed by atoms with Gasteiger partial charge in [0.2, 0.25) is 0 Å². The first-order valence-electron chi connectivity index (χ1n) is 7.25. The summed E-state index contributed by atoms with van der Waals surface area (Å²) in [5.41, 5.74) is 4.06. The van der Waals surface area contributed by atoms with E-state index in [-0.39, 0.29) is 12.8 Å². The predicted octanol–water partition coefficient (Wildman–Crippen LogP) is -0.612. The Morgan fingerprint density at radius 2 is 1.11 bits per heavy atom. The summed E-state index contributed by atoms with van der Waals surface area (Å²) in [6, 6.07) is 0.393. The van der Waals surface area contributed by atoms with E-state index in [0.717, 1.165) is 44.9 Å². The van der Waals surface area contributed by atoms with Gasteiger partial charge in [0, 0.05) is 11.9 Å². The zero-order valence-corrected chi connectivity index (χ0v) is 11.7. The molecule has 3 N–H and O–H groups in total. The van der Waals surface area contributed by atoms with E-state index in [1.807, 2.05) is 0 Å². The van der Waals surface area contributed by atoms with Crippen molar-refractivity contribution in [3.05, 3.63) is 0 Å². The maximum atomic E-state index is 10.2. The third kappa shape index (κ3) is 14.8. The van der Waals surface area contributed by atoms with Crippen LogP contribution in [0.25, 0.3) is 0 Å². The van der Waals surface area contributed by atoms with Crippen molar-refractivity contribution >= 4 is 11.9 Å². The van der Waals surface area contributed by atoms with Crippen LogP contribution >= 0.6 is 0 Å². The van der Waals surface area contributed by atoms with Crippen LogP contribution in [-0.2, 0) is 9.59 Å². The summed E-state index contributed by atoms with van der Waals surface area (Å²) in [5.74, 6) is -1.94. The molecule has 0 aromatic heterocycles. The zero-order chi connectivity index (χ0) is 14.5. The standard InChI is InChI=1S/C14H27NO4/c15-12(9-6-7-11-14(18)19)8-4-2-1-3-5-10-13(16)17/h12H,1-11,15H2,(H,16,17)(H,18,19)/p-1/t12-/m1/s1. The molecule has 112 valence electrons. The number of carboxylic acid groups (broad SMARTS) is 2. The summed E-state index contributed by atoms with van der Waals surface area (Å²) >= 11 is 0. The second-order valence-electron chi connectivity index (χ2n) is 5.16. The summed E-state index contributed by atoms with van der Waals surface area (Å²) in [7, 11) is 0. The normalized spacial score (nSPS) is 12.3. The van der Waals surface area contributed by atoms with Crippen LogP contribution < -0.4 is 15.9 Å². The lowest BCUT2D eigenvalue weighted by molar-refractivity contribution is -0.423. The third-order valence-electron chi connectivity index (χ3n) is 3.24. The minimum absolute atomic E-state index is 0.144. The average molecular weight is 272 g/mol. The number of hydrogen-bond acceptors (Lipinski definition) is 4. The van der Waals surface area contributed by atoms with Crippen LogP contribution in [0.15, 0.2) is 0 Å². The highest BCUT2D eigenvalue weighted by Crippen LogP contribution is 2.10. The molecule has 0 aliphatic carbocycles. The first-order valence-corrected chi connectivity index (χ1v) is 7.25. The first kappa shape index (κ1) is 17.9. The summed E-state index contributed by atoms with van der Waals surface area (Å²) in [6.07, 6.45) is 8.85. The topological polar surface area (TPSA) is 108 Å². The van der Waals surface area contributed by atoms with Crippen molar-refractivity contribution in [3.63, 3.8) is 0 Å². The lowest BCUT2D eigenvalue weighted by Gasteiger charge is -2.08. The van der Waals surface area contributed by atoms with Gasteiger partial charge in [-0.15, -0.1) is 0 Å². The lowest BCUT2D eigenvalue weighted by atomic mass is 10.0. The Hall–Kier alpha value is -1.10. The Morgan fingerprint density at radius 3 is 1.63 bits per heavy atom. The van der Waals surface area contributed by atoms with Crippen LogP contribution in [0.3, 0.4) is 0 Å². The van der Waals surface area contributed by atoms with Crippen LogP contribution in [0, 0.1) is 0 Å². The molecule has 0 amide bonds. The molecule has 0 saturated heterocycles. The highest BCUT2D eigenvalue weighted by Gasteiger charge is 2.05. The molecule has 0 aliphatic rings. The first-order chi connectivity index (χ1) is 9.02. The fraction of sp³-hybridized carbons (Fsp3) is 0.857. The molecule has 0 saturated carbocycles. The van der Waals surface area contributed by atoms with Crippen molar-refractivity contribution in [3.8, 4) is 0 Å². The number of carboxylic acids is 2. The second-order valence-corrected chi connectivity index (χ2v) is 5.16. The summed E-state index contributed by atoms with van der Waals surface area (Å²) in [6.45, 7) is 0. The van der Waals surface area contributed by atoms with Crippen LogP contribution in [0.1, 0.15) is 70.6 Å². The number of quaternary nitrogens is 1. The van der Waals surface area contributed by atoms with Crippen molar-refractivity contribution in [1.29, 1.82) is 0 Å². The minimum atomic E-state index is -0.975. The van der Waals surface area contributed by atoms with Gasteiger partial charge in [0.25, 0.3) is 0 Å². The fourth-order valence-electron chi connectivity index (χ4n) is 2.08. The number of unbranched alkanes of at least 4 members (excludes halogenated alkanes) is 5. The van der Waals surface area contributed by atoms with E-state index in [2.05, 4.69) is 5.73 Å². The molecule has 0 unspecified atom stereocenters. The van der Waals surface area contributed by atoms with Crippen molar-refractivity contribution in [2.45, 2.75) is 76.7 Å². The molecule has 0 aromatic carbocycles. The molecule has 1 atom stereocenters. The molecule has 0 spiro atoms. The third-order valence-corrected chi connectivity index (χ3v) is 3.24. The van der Waals surface area contributed by atoms with Gasteiger partial charge in [-0.25, -0.2) is 0 Å². The zero-order valence-electron chi connectivity index (χ0n) is 11.7. The number of hydrogen-bond donors (Lipinski definition) is 1. The number of rotatable bonds is 13. The molecule has 0 rings (SSSR count). The summed E-state index contributed by atoms with van der Waals surface area (Å²) in [5, 5.41) is 20.4. The molecule has 5 heteroatoms. The van der Waals surface area contributed by atoms with E-state index in [0.29, 0.717) is 18.9 Å².